The summed E-state index contributed by atoms with van der Waals surface area (Å²) in [5.74, 6) is 15.6. The Bertz CT molecular complexity index is 205. The zero-order valence-corrected chi connectivity index (χ0v) is 6.46. The summed E-state index contributed by atoms with van der Waals surface area (Å²) >= 11 is 0. The topological polar surface area (TPSA) is 114 Å². The lowest BCUT2D eigenvalue weighted by atomic mass is 10.2. The van der Waals surface area contributed by atoms with E-state index in [0.717, 1.165) is 17.1 Å². The summed E-state index contributed by atoms with van der Waals surface area (Å²) in [6.45, 7) is 0. The molecule has 0 aromatic heterocycles. The Hall–Kier alpha value is -1.50. The third-order valence-electron chi connectivity index (χ3n) is 1.43. The Morgan fingerprint density at radius 1 is 0.667 bits per heavy atom. The van der Waals surface area contributed by atoms with E-state index in [2.05, 4.69) is 16.3 Å². The minimum Gasteiger partial charge on any atom is -0.324 e. The monoisotopic (exact) mass is 168 g/mol. The van der Waals surface area contributed by atoms with Crippen LogP contribution >= 0.6 is 0 Å². The number of nitrogens with one attached hydrogen (secondary N) is 3. The predicted molar refractivity (Wildman–Crippen MR) is 49.9 cm³/mol. The van der Waals surface area contributed by atoms with Crippen molar-refractivity contribution in [2.45, 2.75) is 0 Å². The van der Waals surface area contributed by atoms with Gasteiger partial charge in [0.05, 0.1) is 17.1 Å². The van der Waals surface area contributed by atoms with Crippen LogP contribution in [0.15, 0.2) is 18.2 Å². The zero-order chi connectivity index (χ0) is 8.97. The van der Waals surface area contributed by atoms with Crippen LogP contribution in [0.3, 0.4) is 0 Å². The van der Waals surface area contributed by atoms with Gasteiger partial charge in [0.25, 0.3) is 0 Å². The second-order valence-corrected chi connectivity index (χ2v) is 2.23. The highest BCUT2D eigenvalue weighted by molar-refractivity contribution is 5.66. The molecule has 1 aromatic rings. The molecule has 0 aliphatic rings. The second-order valence-electron chi connectivity index (χ2n) is 2.23. The number of rotatable bonds is 3. The molecule has 12 heavy (non-hydrogen) atoms. The molecule has 0 saturated carbocycles. The lowest BCUT2D eigenvalue weighted by Gasteiger charge is -2.07. The maximum Gasteiger partial charge on any atom is 0.0527 e. The first-order valence-electron chi connectivity index (χ1n) is 3.35. The number of hydrogen-bond donors (Lipinski definition) is 6. The second kappa shape index (κ2) is 3.77. The molecule has 0 bridgehead atoms. The maximum absolute atomic E-state index is 5.21. The van der Waals surface area contributed by atoms with Gasteiger partial charge in [0.15, 0.2) is 0 Å². The Morgan fingerprint density at radius 2 is 0.917 bits per heavy atom. The van der Waals surface area contributed by atoms with Crippen LogP contribution in [0.2, 0.25) is 0 Å². The predicted octanol–water partition coefficient (Wildman–Crippen LogP) is -0.457. The van der Waals surface area contributed by atoms with Gasteiger partial charge in [-0.2, -0.15) is 0 Å². The molecule has 0 saturated heterocycles. The standard InChI is InChI=1S/C6H12N6/c7-10-4-1-5(11-8)3-6(2-4)12-9/h1-3,10-12H,7-9H2. The molecule has 0 amide bonds. The molecule has 0 fully saturated rings. The summed E-state index contributed by atoms with van der Waals surface area (Å²) in [5.41, 5.74) is 9.62. The number of anilines is 3. The summed E-state index contributed by atoms with van der Waals surface area (Å²) in [5, 5.41) is 0. The van der Waals surface area contributed by atoms with Crippen LogP contribution in [-0.4, -0.2) is 0 Å². The van der Waals surface area contributed by atoms with Gasteiger partial charge in [0, 0.05) is 0 Å². The summed E-state index contributed by atoms with van der Waals surface area (Å²) in [6, 6.07) is 5.25. The molecule has 6 heteroatoms. The largest absolute Gasteiger partial charge is 0.324 e. The summed E-state index contributed by atoms with van der Waals surface area (Å²) in [6.07, 6.45) is 0. The van der Waals surface area contributed by atoms with Crippen LogP contribution in [-0.2, 0) is 0 Å². The Balaban J connectivity index is 3.01. The minimum absolute atomic E-state index is 0.721. The quantitative estimate of drug-likeness (QED) is 0.269. The van der Waals surface area contributed by atoms with Crippen molar-refractivity contribution in [2.24, 2.45) is 17.5 Å². The highest BCUT2D eigenvalue weighted by atomic mass is 15.2. The molecule has 1 rings (SSSR count). The smallest absolute Gasteiger partial charge is 0.0527 e. The molecule has 6 nitrogen and oxygen atoms in total. The number of hydrazine groups is 3. The van der Waals surface area contributed by atoms with Crippen molar-refractivity contribution >= 4 is 17.1 Å². The van der Waals surface area contributed by atoms with E-state index >= 15 is 0 Å². The van der Waals surface area contributed by atoms with Crippen molar-refractivity contribution in [1.29, 1.82) is 0 Å². The van der Waals surface area contributed by atoms with E-state index < -0.39 is 0 Å². The van der Waals surface area contributed by atoms with E-state index in [1.165, 1.54) is 0 Å². The average Bonchev–Trinajstić information content (AvgIpc) is 2.16. The average molecular weight is 168 g/mol. The lowest BCUT2D eigenvalue weighted by Crippen LogP contribution is -2.13. The lowest BCUT2D eigenvalue weighted by molar-refractivity contribution is 1.29. The van der Waals surface area contributed by atoms with E-state index in [1.54, 1.807) is 18.2 Å². The van der Waals surface area contributed by atoms with Gasteiger partial charge in [0.1, 0.15) is 0 Å². The molecular weight excluding hydrogens is 156 g/mol. The van der Waals surface area contributed by atoms with Crippen LogP contribution in [0.5, 0.6) is 0 Å². The molecule has 0 atom stereocenters. The fraction of sp³-hybridized carbons (Fsp3) is 0. The van der Waals surface area contributed by atoms with Crippen molar-refractivity contribution in [3.05, 3.63) is 18.2 Å². The van der Waals surface area contributed by atoms with Gasteiger partial charge in [-0.1, -0.05) is 0 Å². The number of benzene rings is 1. The first-order valence-corrected chi connectivity index (χ1v) is 3.35. The van der Waals surface area contributed by atoms with Crippen LogP contribution in [0.25, 0.3) is 0 Å². The van der Waals surface area contributed by atoms with Gasteiger partial charge in [-0.25, -0.2) is 0 Å². The van der Waals surface area contributed by atoms with E-state index in [1.807, 2.05) is 0 Å². The summed E-state index contributed by atoms with van der Waals surface area (Å²) in [7, 11) is 0. The normalized spacial score (nSPS) is 9.25. The molecule has 0 aliphatic heterocycles. The first-order chi connectivity index (χ1) is 5.80. The molecule has 1 aromatic carbocycles. The van der Waals surface area contributed by atoms with Gasteiger partial charge in [0.2, 0.25) is 0 Å². The van der Waals surface area contributed by atoms with Crippen molar-refractivity contribution in [3.8, 4) is 0 Å². The van der Waals surface area contributed by atoms with E-state index in [4.69, 9.17) is 17.5 Å². The molecule has 0 heterocycles. The number of nitrogens with two attached hydrogens (primary N) is 3. The Labute approximate surface area is 70.0 Å². The Morgan fingerprint density at radius 3 is 1.08 bits per heavy atom. The summed E-state index contributed by atoms with van der Waals surface area (Å²) < 4.78 is 0. The zero-order valence-electron chi connectivity index (χ0n) is 6.46. The molecule has 0 radical (unpaired) electrons. The highest BCUT2D eigenvalue weighted by Gasteiger charge is 1.96. The minimum atomic E-state index is 0.721. The number of hydrogen-bond acceptors (Lipinski definition) is 6. The van der Waals surface area contributed by atoms with Crippen molar-refractivity contribution in [3.63, 3.8) is 0 Å². The van der Waals surface area contributed by atoms with Crippen molar-refractivity contribution in [1.82, 2.24) is 0 Å². The van der Waals surface area contributed by atoms with E-state index in [0.29, 0.717) is 0 Å². The SMILES string of the molecule is NNc1cc(NN)cc(NN)c1. The third-order valence-corrected chi connectivity index (χ3v) is 1.43. The molecule has 9 N–H and O–H groups in total. The van der Waals surface area contributed by atoms with Crippen LogP contribution in [0.1, 0.15) is 0 Å². The number of nitrogen functional groups attached to an aromatic ring is 3. The van der Waals surface area contributed by atoms with E-state index in [9.17, 15) is 0 Å². The van der Waals surface area contributed by atoms with Crippen LogP contribution in [0, 0.1) is 0 Å². The van der Waals surface area contributed by atoms with Gasteiger partial charge in [-0.05, 0) is 18.2 Å². The molecule has 0 aliphatic carbocycles. The molecule has 0 spiro atoms. The molecule has 0 unspecified atom stereocenters. The third kappa shape index (κ3) is 1.76. The van der Waals surface area contributed by atoms with Gasteiger partial charge in [-0.3, -0.25) is 17.5 Å². The first kappa shape index (κ1) is 8.60. The highest BCUT2D eigenvalue weighted by Crippen LogP contribution is 2.20. The fourth-order valence-electron chi connectivity index (χ4n) is 0.878. The van der Waals surface area contributed by atoms with E-state index in [-0.39, 0.29) is 0 Å². The Kier molecular flexibility index (Phi) is 2.70. The maximum atomic E-state index is 5.21. The molecular formula is C6H12N6. The van der Waals surface area contributed by atoms with Gasteiger partial charge >= 0.3 is 0 Å². The summed E-state index contributed by atoms with van der Waals surface area (Å²) in [4.78, 5) is 0. The van der Waals surface area contributed by atoms with Gasteiger partial charge < -0.3 is 16.3 Å². The van der Waals surface area contributed by atoms with Crippen LogP contribution in [0.4, 0.5) is 17.1 Å². The van der Waals surface area contributed by atoms with Gasteiger partial charge in [-0.15, -0.1) is 0 Å². The van der Waals surface area contributed by atoms with Crippen molar-refractivity contribution < 1.29 is 0 Å². The van der Waals surface area contributed by atoms with Crippen LogP contribution < -0.4 is 33.8 Å². The van der Waals surface area contributed by atoms with Crippen molar-refractivity contribution in [2.75, 3.05) is 16.3 Å². The molecule has 66 valence electrons. The fourth-order valence-corrected chi connectivity index (χ4v) is 0.878.